The maximum atomic E-state index is 13.0. The molecular weight excluding hydrogens is 568 g/mol. The molecule has 11 heteroatoms. The van der Waals surface area contributed by atoms with Gasteiger partial charge in [0.1, 0.15) is 16.3 Å². The highest BCUT2D eigenvalue weighted by Crippen LogP contribution is 2.37. The summed E-state index contributed by atoms with van der Waals surface area (Å²) in [5.41, 5.74) is 3.96. The molecule has 2 aromatic carbocycles. The molecule has 0 radical (unpaired) electrons. The third kappa shape index (κ3) is 6.93. The van der Waals surface area contributed by atoms with Crippen LogP contribution in [-0.4, -0.2) is 39.5 Å². The zero-order valence-corrected chi connectivity index (χ0v) is 25.0. The number of benzene rings is 2. The van der Waals surface area contributed by atoms with Crippen LogP contribution < -0.4 is 10.1 Å². The summed E-state index contributed by atoms with van der Waals surface area (Å²) in [6, 6.07) is 13.1. The number of carbonyl (C=O) groups excluding carboxylic acids is 2. The molecule has 0 bridgehead atoms. The first-order chi connectivity index (χ1) is 19.2. The summed E-state index contributed by atoms with van der Waals surface area (Å²) in [7, 11) is 1.31. The van der Waals surface area contributed by atoms with Gasteiger partial charge in [0, 0.05) is 22.5 Å². The summed E-state index contributed by atoms with van der Waals surface area (Å²) in [5.74, 6) is 0.593. The lowest BCUT2D eigenvalue weighted by atomic mass is 10.0. The highest BCUT2D eigenvalue weighted by atomic mass is 35.5. The third-order valence-electron chi connectivity index (χ3n) is 5.85. The third-order valence-corrected chi connectivity index (χ3v) is 7.96. The van der Waals surface area contributed by atoms with E-state index in [9.17, 15) is 9.59 Å². The van der Waals surface area contributed by atoms with Crippen molar-refractivity contribution in [1.29, 1.82) is 0 Å². The van der Waals surface area contributed by atoms with E-state index < -0.39 is 5.97 Å². The molecule has 2 aromatic heterocycles. The van der Waals surface area contributed by atoms with Crippen LogP contribution in [0.25, 0.3) is 11.1 Å². The molecule has 1 unspecified atom stereocenters. The highest BCUT2D eigenvalue weighted by molar-refractivity contribution is 7.99. The standard InChI is InChI=1S/C29H29ClN4O4S2/c1-6-11-34-26(19(4)38-22-13-17(2)12-18(3)14-22)32-33-29(34)40-16-24(35)31-27-25(28(36)37-5)23(15-39-27)20-7-9-21(30)10-8-20/h6-10,12-15,19H,1,11,16H2,2-5H3,(H,31,35). The maximum absolute atomic E-state index is 13.0. The van der Waals surface area contributed by atoms with Gasteiger partial charge in [-0.2, -0.15) is 0 Å². The molecule has 0 aliphatic heterocycles. The number of esters is 1. The van der Waals surface area contributed by atoms with E-state index in [1.54, 1.807) is 18.2 Å². The largest absolute Gasteiger partial charge is 0.483 e. The van der Waals surface area contributed by atoms with Crippen molar-refractivity contribution in [3.05, 3.63) is 88.0 Å². The maximum Gasteiger partial charge on any atom is 0.341 e. The summed E-state index contributed by atoms with van der Waals surface area (Å²) >= 11 is 8.50. The van der Waals surface area contributed by atoms with Gasteiger partial charge in [-0.3, -0.25) is 9.36 Å². The van der Waals surface area contributed by atoms with Gasteiger partial charge in [0.05, 0.1) is 12.9 Å². The van der Waals surface area contributed by atoms with Gasteiger partial charge in [0.2, 0.25) is 5.91 Å². The molecule has 0 spiro atoms. The Balaban J connectivity index is 1.48. The van der Waals surface area contributed by atoms with E-state index >= 15 is 0 Å². The zero-order chi connectivity index (χ0) is 28.8. The van der Waals surface area contributed by atoms with Crippen LogP contribution in [-0.2, 0) is 16.1 Å². The second-order valence-electron chi connectivity index (χ2n) is 9.01. The van der Waals surface area contributed by atoms with Crippen LogP contribution in [0.15, 0.2) is 65.7 Å². The number of ether oxygens (including phenoxy) is 2. The van der Waals surface area contributed by atoms with E-state index in [0.717, 1.165) is 22.4 Å². The van der Waals surface area contributed by atoms with Crippen LogP contribution in [0.3, 0.4) is 0 Å². The SMILES string of the molecule is C=CCn1c(SCC(=O)Nc2scc(-c3ccc(Cl)cc3)c2C(=O)OC)nnc1C(C)Oc1cc(C)cc(C)c1. The van der Waals surface area contributed by atoms with Crippen LogP contribution >= 0.6 is 34.7 Å². The highest BCUT2D eigenvalue weighted by Gasteiger charge is 2.24. The van der Waals surface area contributed by atoms with Crippen molar-refractivity contribution >= 4 is 51.6 Å². The Morgan fingerprint density at radius 2 is 1.88 bits per heavy atom. The van der Waals surface area contributed by atoms with E-state index in [1.807, 2.05) is 55.0 Å². The van der Waals surface area contributed by atoms with Gasteiger partial charge in [-0.1, -0.05) is 47.6 Å². The first-order valence-corrected chi connectivity index (χ1v) is 14.6. The van der Waals surface area contributed by atoms with Gasteiger partial charge >= 0.3 is 5.97 Å². The second kappa shape index (κ2) is 13.2. The molecule has 0 saturated heterocycles. The topological polar surface area (TPSA) is 95.3 Å². The first kappa shape index (κ1) is 29.4. The van der Waals surface area contributed by atoms with Crippen LogP contribution in [0.4, 0.5) is 5.00 Å². The number of nitrogens with zero attached hydrogens (tertiary/aromatic N) is 3. The molecule has 0 aliphatic rings. The fourth-order valence-corrected chi connectivity index (χ4v) is 6.01. The van der Waals surface area contributed by atoms with Gasteiger partial charge in [-0.05, 0) is 61.7 Å². The van der Waals surface area contributed by atoms with Crippen LogP contribution in [0.2, 0.25) is 5.02 Å². The summed E-state index contributed by atoms with van der Waals surface area (Å²) in [4.78, 5) is 25.6. The van der Waals surface area contributed by atoms with Gasteiger partial charge in [-0.25, -0.2) is 4.79 Å². The van der Waals surface area contributed by atoms with Crippen LogP contribution in [0, 0.1) is 13.8 Å². The number of thiophene rings is 1. The predicted molar refractivity (Wildman–Crippen MR) is 161 cm³/mol. The number of carbonyl (C=O) groups is 2. The second-order valence-corrected chi connectivity index (χ2v) is 11.3. The minimum absolute atomic E-state index is 0.0520. The lowest BCUT2D eigenvalue weighted by Gasteiger charge is -2.16. The molecule has 1 N–H and O–H groups in total. The number of methoxy groups -OCH3 is 1. The molecule has 0 aliphatic carbocycles. The average molecular weight is 597 g/mol. The summed E-state index contributed by atoms with van der Waals surface area (Å²) in [5, 5.41) is 14.9. The summed E-state index contributed by atoms with van der Waals surface area (Å²) < 4.78 is 13.0. The molecule has 1 atom stereocenters. The number of nitrogens with one attached hydrogen (secondary N) is 1. The molecule has 8 nitrogen and oxygen atoms in total. The predicted octanol–water partition coefficient (Wildman–Crippen LogP) is 7.12. The number of hydrogen-bond acceptors (Lipinski definition) is 8. The summed E-state index contributed by atoms with van der Waals surface area (Å²) in [6.45, 7) is 10.3. The lowest BCUT2D eigenvalue weighted by Crippen LogP contribution is -2.17. The van der Waals surface area contributed by atoms with Crippen molar-refractivity contribution in [2.24, 2.45) is 0 Å². The lowest BCUT2D eigenvalue weighted by molar-refractivity contribution is -0.113. The average Bonchev–Trinajstić information content (AvgIpc) is 3.51. The first-order valence-electron chi connectivity index (χ1n) is 12.4. The zero-order valence-electron chi connectivity index (χ0n) is 22.6. The number of aromatic nitrogens is 3. The van der Waals surface area contributed by atoms with Crippen molar-refractivity contribution in [1.82, 2.24) is 14.8 Å². The number of thioether (sulfide) groups is 1. The molecule has 40 heavy (non-hydrogen) atoms. The van der Waals surface area contributed by atoms with Crippen LogP contribution in [0.5, 0.6) is 5.75 Å². The van der Waals surface area contributed by atoms with Crippen LogP contribution in [0.1, 0.15) is 40.3 Å². The number of rotatable bonds is 11. The van der Waals surface area contributed by atoms with Gasteiger partial charge in [-0.15, -0.1) is 28.1 Å². The fourth-order valence-electron chi connectivity index (χ4n) is 4.16. The molecule has 1 amide bonds. The quantitative estimate of drug-likeness (QED) is 0.112. The Hall–Kier alpha value is -3.60. The number of amides is 1. The van der Waals surface area contributed by atoms with Crippen molar-refractivity contribution < 1.29 is 19.1 Å². The van der Waals surface area contributed by atoms with Crippen molar-refractivity contribution in [3.63, 3.8) is 0 Å². The van der Waals surface area contributed by atoms with Gasteiger partial charge < -0.3 is 14.8 Å². The van der Waals surface area contributed by atoms with E-state index in [-0.39, 0.29) is 17.8 Å². The molecule has 4 aromatic rings. The minimum Gasteiger partial charge on any atom is -0.483 e. The Morgan fingerprint density at radius 3 is 2.52 bits per heavy atom. The number of hydrogen-bond donors (Lipinski definition) is 1. The van der Waals surface area contributed by atoms with Crippen molar-refractivity contribution in [2.45, 2.75) is 38.6 Å². The minimum atomic E-state index is -0.540. The molecule has 2 heterocycles. The fraction of sp³-hybridized carbons (Fsp3) is 0.241. The molecular formula is C29H29ClN4O4S2. The van der Waals surface area contributed by atoms with E-state index in [2.05, 4.69) is 28.2 Å². The van der Waals surface area contributed by atoms with E-state index in [0.29, 0.717) is 38.7 Å². The van der Waals surface area contributed by atoms with Crippen molar-refractivity contribution in [3.8, 4) is 16.9 Å². The van der Waals surface area contributed by atoms with Gasteiger partial charge in [0.25, 0.3) is 0 Å². The van der Waals surface area contributed by atoms with Crippen molar-refractivity contribution in [2.75, 3.05) is 18.2 Å². The molecule has 208 valence electrons. The normalized spacial score (nSPS) is 11.6. The Kier molecular flexibility index (Phi) is 9.67. The Morgan fingerprint density at radius 1 is 1.18 bits per heavy atom. The number of halogens is 1. The Labute approximate surface area is 246 Å². The smallest absolute Gasteiger partial charge is 0.341 e. The molecule has 0 fully saturated rings. The molecule has 4 rings (SSSR count). The monoisotopic (exact) mass is 596 g/mol. The number of allylic oxidation sites excluding steroid dienone is 1. The Bertz CT molecular complexity index is 1510. The number of aryl methyl sites for hydroxylation is 2. The summed E-state index contributed by atoms with van der Waals surface area (Å²) in [6.07, 6.45) is 1.37. The van der Waals surface area contributed by atoms with E-state index in [1.165, 1.54) is 30.2 Å². The van der Waals surface area contributed by atoms with Gasteiger partial charge in [0.15, 0.2) is 17.1 Å². The van der Waals surface area contributed by atoms with E-state index in [4.69, 9.17) is 21.1 Å². The number of anilines is 1. The molecule has 0 saturated carbocycles.